The summed E-state index contributed by atoms with van der Waals surface area (Å²) in [7, 11) is 1.46. The molecule has 0 aliphatic heterocycles. The van der Waals surface area contributed by atoms with Gasteiger partial charge in [-0.3, -0.25) is 4.79 Å². The Labute approximate surface area is 158 Å². The third-order valence-electron chi connectivity index (χ3n) is 3.49. The van der Waals surface area contributed by atoms with Gasteiger partial charge in [-0.15, -0.1) is 0 Å². The van der Waals surface area contributed by atoms with E-state index in [-0.39, 0.29) is 18.7 Å². The Morgan fingerprint density at radius 3 is 2.30 bits per heavy atom. The van der Waals surface area contributed by atoms with Gasteiger partial charge in [0.2, 0.25) is 0 Å². The molecule has 144 valence electrons. The van der Waals surface area contributed by atoms with Crippen molar-refractivity contribution in [2.45, 2.75) is 6.92 Å². The first kappa shape index (κ1) is 20.1. The van der Waals surface area contributed by atoms with Crippen LogP contribution in [0.4, 0.5) is 0 Å². The number of amides is 1. The zero-order valence-electron chi connectivity index (χ0n) is 15.4. The van der Waals surface area contributed by atoms with Crippen LogP contribution < -0.4 is 19.5 Å². The summed E-state index contributed by atoms with van der Waals surface area (Å²) >= 11 is 0. The van der Waals surface area contributed by atoms with Crippen LogP contribution in [0.15, 0.2) is 48.5 Å². The molecule has 0 aromatic heterocycles. The Hall–Kier alpha value is -3.22. The van der Waals surface area contributed by atoms with E-state index in [4.69, 9.17) is 18.9 Å². The maximum Gasteiger partial charge on any atom is 0.342 e. The van der Waals surface area contributed by atoms with Crippen molar-refractivity contribution in [3.63, 3.8) is 0 Å². The van der Waals surface area contributed by atoms with Crippen LogP contribution in [0.5, 0.6) is 17.2 Å². The summed E-state index contributed by atoms with van der Waals surface area (Å²) in [6, 6.07) is 13.9. The highest BCUT2D eigenvalue weighted by Gasteiger charge is 2.14. The number of carbonyl (C=O) groups is 2. The van der Waals surface area contributed by atoms with E-state index in [1.165, 1.54) is 7.11 Å². The minimum absolute atomic E-state index is 0.270. The van der Waals surface area contributed by atoms with E-state index in [2.05, 4.69) is 5.32 Å². The molecule has 7 nitrogen and oxygen atoms in total. The standard InChI is InChI=1S/C20H23NO6/c1-3-25-15-8-10-16(11-9-15)26-13-12-21-19(22)14-27-20(23)17-6-4-5-7-18(17)24-2/h4-11H,3,12-14H2,1-2H3,(H,21,22). The van der Waals surface area contributed by atoms with E-state index >= 15 is 0 Å². The first-order chi connectivity index (χ1) is 13.1. The normalized spacial score (nSPS) is 10.0. The van der Waals surface area contributed by atoms with Crippen LogP contribution in [0.2, 0.25) is 0 Å². The number of hydrogen-bond donors (Lipinski definition) is 1. The number of methoxy groups -OCH3 is 1. The Morgan fingerprint density at radius 1 is 0.963 bits per heavy atom. The van der Waals surface area contributed by atoms with Crippen molar-refractivity contribution in [1.82, 2.24) is 5.32 Å². The predicted molar refractivity (Wildman–Crippen MR) is 99.4 cm³/mol. The molecule has 2 aromatic rings. The van der Waals surface area contributed by atoms with Crippen molar-refractivity contribution in [2.75, 3.05) is 33.5 Å². The average molecular weight is 373 g/mol. The van der Waals surface area contributed by atoms with E-state index in [0.717, 1.165) is 5.75 Å². The fraction of sp³-hybridized carbons (Fsp3) is 0.300. The van der Waals surface area contributed by atoms with Crippen molar-refractivity contribution in [3.05, 3.63) is 54.1 Å². The molecular weight excluding hydrogens is 350 g/mol. The molecule has 2 rings (SSSR count). The smallest absolute Gasteiger partial charge is 0.342 e. The van der Waals surface area contributed by atoms with Crippen LogP contribution in [0.3, 0.4) is 0 Å². The molecule has 0 atom stereocenters. The Balaban J connectivity index is 1.66. The van der Waals surface area contributed by atoms with Gasteiger partial charge in [-0.2, -0.15) is 0 Å². The average Bonchev–Trinajstić information content (AvgIpc) is 2.70. The predicted octanol–water partition coefficient (Wildman–Crippen LogP) is 2.45. The van der Waals surface area contributed by atoms with Gasteiger partial charge in [-0.25, -0.2) is 4.79 Å². The van der Waals surface area contributed by atoms with Crippen LogP contribution in [0.1, 0.15) is 17.3 Å². The zero-order valence-corrected chi connectivity index (χ0v) is 15.4. The Morgan fingerprint density at radius 2 is 1.63 bits per heavy atom. The SMILES string of the molecule is CCOc1ccc(OCCNC(=O)COC(=O)c2ccccc2OC)cc1. The monoisotopic (exact) mass is 373 g/mol. The highest BCUT2D eigenvalue weighted by molar-refractivity contribution is 5.93. The Bertz CT molecular complexity index is 744. The summed E-state index contributed by atoms with van der Waals surface area (Å²) in [6.07, 6.45) is 0. The quantitative estimate of drug-likeness (QED) is 0.509. The molecule has 0 heterocycles. The lowest BCUT2D eigenvalue weighted by Crippen LogP contribution is -2.32. The van der Waals surface area contributed by atoms with Crippen molar-refractivity contribution >= 4 is 11.9 Å². The maximum atomic E-state index is 12.0. The summed E-state index contributed by atoms with van der Waals surface area (Å²) in [5, 5.41) is 2.62. The number of benzene rings is 2. The van der Waals surface area contributed by atoms with Gasteiger partial charge in [0, 0.05) is 0 Å². The van der Waals surface area contributed by atoms with Gasteiger partial charge in [0.05, 0.1) is 20.3 Å². The molecule has 1 N–H and O–H groups in total. The highest BCUT2D eigenvalue weighted by Crippen LogP contribution is 2.18. The molecule has 0 unspecified atom stereocenters. The lowest BCUT2D eigenvalue weighted by molar-refractivity contribution is -0.124. The van der Waals surface area contributed by atoms with Gasteiger partial charge in [0.1, 0.15) is 29.4 Å². The van der Waals surface area contributed by atoms with E-state index in [0.29, 0.717) is 24.7 Å². The zero-order chi connectivity index (χ0) is 19.5. The molecule has 27 heavy (non-hydrogen) atoms. The third-order valence-corrected chi connectivity index (χ3v) is 3.49. The van der Waals surface area contributed by atoms with Gasteiger partial charge in [0.15, 0.2) is 6.61 Å². The lowest BCUT2D eigenvalue weighted by atomic mass is 10.2. The van der Waals surface area contributed by atoms with Crippen LogP contribution in [-0.2, 0) is 9.53 Å². The Kier molecular flexibility index (Phi) is 7.96. The van der Waals surface area contributed by atoms with Crippen LogP contribution in [0, 0.1) is 0 Å². The van der Waals surface area contributed by atoms with Gasteiger partial charge in [0.25, 0.3) is 5.91 Å². The molecule has 2 aromatic carbocycles. The molecule has 0 fully saturated rings. The van der Waals surface area contributed by atoms with Crippen LogP contribution >= 0.6 is 0 Å². The van der Waals surface area contributed by atoms with Gasteiger partial charge >= 0.3 is 5.97 Å². The first-order valence-corrected chi connectivity index (χ1v) is 8.56. The van der Waals surface area contributed by atoms with E-state index < -0.39 is 11.9 Å². The van der Waals surface area contributed by atoms with Crippen LogP contribution in [0.25, 0.3) is 0 Å². The molecule has 0 saturated carbocycles. The largest absolute Gasteiger partial charge is 0.496 e. The summed E-state index contributed by atoms with van der Waals surface area (Å²) in [6.45, 7) is 2.73. The molecule has 0 bridgehead atoms. The minimum Gasteiger partial charge on any atom is -0.496 e. The molecule has 0 radical (unpaired) electrons. The van der Waals surface area contributed by atoms with E-state index in [9.17, 15) is 9.59 Å². The summed E-state index contributed by atoms with van der Waals surface area (Å²) in [5.41, 5.74) is 0.270. The number of ether oxygens (including phenoxy) is 4. The summed E-state index contributed by atoms with van der Waals surface area (Å²) in [5.74, 6) is 0.818. The van der Waals surface area contributed by atoms with E-state index in [1.54, 1.807) is 36.4 Å². The number of para-hydroxylation sites is 1. The number of hydrogen-bond acceptors (Lipinski definition) is 6. The summed E-state index contributed by atoms with van der Waals surface area (Å²) in [4.78, 5) is 23.8. The fourth-order valence-electron chi connectivity index (χ4n) is 2.23. The number of carbonyl (C=O) groups excluding carboxylic acids is 2. The third kappa shape index (κ3) is 6.54. The molecule has 0 spiro atoms. The van der Waals surface area contributed by atoms with Crippen molar-refractivity contribution in [3.8, 4) is 17.2 Å². The first-order valence-electron chi connectivity index (χ1n) is 8.56. The molecule has 0 aliphatic rings. The second kappa shape index (κ2) is 10.7. The number of nitrogens with one attached hydrogen (secondary N) is 1. The highest BCUT2D eigenvalue weighted by atomic mass is 16.5. The number of esters is 1. The van der Waals surface area contributed by atoms with Gasteiger partial charge in [-0.1, -0.05) is 12.1 Å². The van der Waals surface area contributed by atoms with E-state index in [1.807, 2.05) is 19.1 Å². The minimum atomic E-state index is -0.617. The van der Waals surface area contributed by atoms with Crippen molar-refractivity contribution < 1.29 is 28.5 Å². The lowest BCUT2D eigenvalue weighted by Gasteiger charge is -2.10. The fourth-order valence-corrected chi connectivity index (χ4v) is 2.23. The topological polar surface area (TPSA) is 83.1 Å². The molecular formula is C20H23NO6. The van der Waals surface area contributed by atoms with Crippen LogP contribution in [-0.4, -0.2) is 45.4 Å². The second-order valence-corrected chi connectivity index (χ2v) is 5.38. The van der Waals surface area contributed by atoms with Gasteiger partial charge in [-0.05, 0) is 43.3 Å². The van der Waals surface area contributed by atoms with Gasteiger partial charge < -0.3 is 24.3 Å². The molecule has 7 heteroatoms. The molecule has 0 aliphatic carbocycles. The molecule has 0 saturated heterocycles. The molecule has 1 amide bonds. The summed E-state index contributed by atoms with van der Waals surface area (Å²) < 4.78 is 21.0. The van der Waals surface area contributed by atoms with Crippen molar-refractivity contribution in [2.24, 2.45) is 0 Å². The maximum absolute atomic E-state index is 12.0. The number of rotatable bonds is 10. The second-order valence-electron chi connectivity index (χ2n) is 5.38. The van der Waals surface area contributed by atoms with Crippen molar-refractivity contribution in [1.29, 1.82) is 0 Å².